The molecule has 1 nitrogen and oxygen atoms in total. The number of halogens is 1. The lowest BCUT2D eigenvalue weighted by molar-refractivity contribution is -0.119. The number of fused-ring (bicyclic) bond motifs is 5. The first-order valence-corrected chi connectivity index (χ1v) is 11.6. The van der Waals surface area contributed by atoms with Crippen LogP contribution in [0.15, 0.2) is 29.8 Å². The topological polar surface area (TPSA) is 20.2 Å². The van der Waals surface area contributed by atoms with E-state index in [0.29, 0.717) is 11.3 Å². The van der Waals surface area contributed by atoms with Gasteiger partial charge in [0.05, 0.1) is 6.10 Å². The number of rotatable bonds is 1. The summed E-state index contributed by atoms with van der Waals surface area (Å²) in [5.74, 6) is 2.91. The molecule has 4 aliphatic rings. The van der Waals surface area contributed by atoms with Crippen LogP contribution in [0.1, 0.15) is 77.2 Å². The number of aliphatic hydroxyl groups excluding tert-OH is 1. The number of benzene rings is 1. The Morgan fingerprint density at radius 3 is 2.68 bits per heavy atom. The van der Waals surface area contributed by atoms with E-state index in [4.69, 9.17) is 0 Å². The molecule has 0 amide bonds. The molecule has 0 aliphatic heterocycles. The molecule has 4 aliphatic carbocycles. The first-order valence-electron chi connectivity index (χ1n) is 11.6. The van der Waals surface area contributed by atoms with Crippen molar-refractivity contribution in [3.63, 3.8) is 0 Å². The van der Waals surface area contributed by atoms with Crippen molar-refractivity contribution in [1.82, 2.24) is 0 Å². The molecule has 1 N–H and O–H groups in total. The summed E-state index contributed by atoms with van der Waals surface area (Å²) in [6.07, 6.45) is 13.6. The van der Waals surface area contributed by atoms with Crippen LogP contribution < -0.4 is 0 Å². The Bertz CT molecular complexity index is 784. The van der Waals surface area contributed by atoms with Crippen LogP contribution >= 0.6 is 0 Å². The third kappa shape index (κ3) is 2.74. The molecule has 5 rings (SSSR count). The summed E-state index contributed by atoms with van der Waals surface area (Å²) in [6, 6.07) is 6.78. The summed E-state index contributed by atoms with van der Waals surface area (Å²) in [5.41, 5.74) is 2.55. The Morgan fingerprint density at radius 1 is 1.00 bits per heavy atom. The average Bonchev–Trinajstić information content (AvgIpc) is 2.92. The SMILES string of the molecule is C[C@@]12CCC3C(CCC4CCCC[C@]43C)C1C/C(=C\c1cccc(F)c1)C2O. The fraction of sp³-hybridized carbons (Fsp3) is 0.692. The number of hydrogen-bond acceptors (Lipinski definition) is 1. The van der Waals surface area contributed by atoms with E-state index in [9.17, 15) is 9.50 Å². The van der Waals surface area contributed by atoms with Crippen molar-refractivity contribution in [3.8, 4) is 0 Å². The third-order valence-electron chi connectivity index (χ3n) is 9.65. The van der Waals surface area contributed by atoms with Gasteiger partial charge in [-0.3, -0.25) is 0 Å². The minimum atomic E-state index is -0.376. The highest BCUT2D eigenvalue weighted by molar-refractivity contribution is 5.55. The molecule has 0 spiro atoms. The largest absolute Gasteiger partial charge is 0.388 e. The van der Waals surface area contributed by atoms with Gasteiger partial charge in [0.2, 0.25) is 0 Å². The van der Waals surface area contributed by atoms with E-state index >= 15 is 0 Å². The van der Waals surface area contributed by atoms with Gasteiger partial charge in [-0.25, -0.2) is 4.39 Å². The molecule has 1 aromatic rings. The van der Waals surface area contributed by atoms with Crippen molar-refractivity contribution in [1.29, 1.82) is 0 Å². The summed E-state index contributed by atoms with van der Waals surface area (Å²) in [6.45, 7) is 4.94. The molecule has 7 atom stereocenters. The van der Waals surface area contributed by atoms with Crippen LogP contribution in [0.5, 0.6) is 0 Å². The highest BCUT2D eigenvalue weighted by Crippen LogP contribution is 2.67. The normalized spacial score (nSPS) is 46.7. The summed E-state index contributed by atoms with van der Waals surface area (Å²) in [7, 11) is 0. The smallest absolute Gasteiger partial charge is 0.123 e. The van der Waals surface area contributed by atoms with Crippen molar-refractivity contribution >= 4 is 6.08 Å². The van der Waals surface area contributed by atoms with E-state index in [1.807, 2.05) is 6.07 Å². The van der Waals surface area contributed by atoms with Gasteiger partial charge in [0.25, 0.3) is 0 Å². The summed E-state index contributed by atoms with van der Waals surface area (Å²) < 4.78 is 13.6. The second-order valence-corrected chi connectivity index (χ2v) is 10.8. The van der Waals surface area contributed by atoms with Gasteiger partial charge in [-0.1, -0.05) is 44.9 Å². The molecule has 4 saturated carbocycles. The van der Waals surface area contributed by atoms with Gasteiger partial charge in [-0.15, -0.1) is 0 Å². The molecular weight excluding hydrogens is 347 g/mol. The summed E-state index contributed by atoms with van der Waals surface area (Å²) >= 11 is 0. The van der Waals surface area contributed by atoms with E-state index in [1.165, 1.54) is 51.0 Å². The molecule has 4 fully saturated rings. The van der Waals surface area contributed by atoms with Crippen molar-refractivity contribution < 1.29 is 9.50 Å². The van der Waals surface area contributed by atoms with Gasteiger partial charge in [0, 0.05) is 5.41 Å². The Balaban J connectivity index is 1.46. The quantitative estimate of drug-likeness (QED) is 0.579. The maximum Gasteiger partial charge on any atom is 0.123 e. The zero-order chi connectivity index (χ0) is 19.5. The van der Waals surface area contributed by atoms with E-state index in [1.54, 1.807) is 12.1 Å². The lowest BCUT2D eigenvalue weighted by atomic mass is 9.45. The predicted molar refractivity (Wildman–Crippen MR) is 112 cm³/mol. The zero-order valence-corrected chi connectivity index (χ0v) is 17.5. The summed E-state index contributed by atoms with van der Waals surface area (Å²) in [5, 5.41) is 11.3. The maximum atomic E-state index is 13.6. The highest BCUT2D eigenvalue weighted by Gasteiger charge is 2.60. The van der Waals surface area contributed by atoms with Crippen LogP contribution in [0.2, 0.25) is 0 Å². The van der Waals surface area contributed by atoms with Gasteiger partial charge >= 0.3 is 0 Å². The molecule has 1 aromatic carbocycles. The minimum Gasteiger partial charge on any atom is -0.388 e. The van der Waals surface area contributed by atoms with E-state index in [0.717, 1.165) is 41.7 Å². The molecule has 0 aromatic heterocycles. The van der Waals surface area contributed by atoms with E-state index < -0.39 is 0 Å². The fourth-order valence-electron chi connectivity index (χ4n) is 8.10. The standard InChI is InChI=1S/C26H35FO/c1-25-12-4-3-7-19(25)9-10-21-22(25)11-13-26(2)23(21)16-18(24(26)28)14-17-6-5-8-20(27)15-17/h5-6,8,14-15,19,21-24,28H,3-4,7,9-13,16H2,1-2H3/b18-14+/t19?,21?,22?,23?,24?,25-,26-/m1/s1. The van der Waals surface area contributed by atoms with Crippen LogP contribution in [-0.2, 0) is 0 Å². The van der Waals surface area contributed by atoms with Gasteiger partial charge in [0.15, 0.2) is 0 Å². The summed E-state index contributed by atoms with van der Waals surface area (Å²) in [4.78, 5) is 0. The van der Waals surface area contributed by atoms with E-state index in [2.05, 4.69) is 19.9 Å². The van der Waals surface area contributed by atoms with Gasteiger partial charge in [-0.05, 0) is 97.3 Å². The average molecular weight is 383 g/mol. The van der Waals surface area contributed by atoms with E-state index in [-0.39, 0.29) is 17.3 Å². The molecule has 0 saturated heterocycles. The second-order valence-electron chi connectivity index (χ2n) is 10.8. The highest BCUT2D eigenvalue weighted by atomic mass is 19.1. The zero-order valence-electron chi connectivity index (χ0n) is 17.5. The maximum absolute atomic E-state index is 13.6. The Morgan fingerprint density at radius 2 is 1.86 bits per heavy atom. The molecular formula is C26H35FO. The molecule has 2 heteroatoms. The van der Waals surface area contributed by atoms with Crippen molar-refractivity contribution in [2.75, 3.05) is 0 Å². The predicted octanol–water partition coefficient (Wildman–Crippen LogP) is 6.61. The van der Waals surface area contributed by atoms with Crippen LogP contribution in [-0.4, -0.2) is 11.2 Å². The van der Waals surface area contributed by atoms with Crippen LogP contribution in [0.4, 0.5) is 4.39 Å². The lowest BCUT2D eigenvalue weighted by Crippen LogP contribution is -2.53. The molecule has 0 bridgehead atoms. The second kappa shape index (κ2) is 6.69. The molecule has 152 valence electrons. The van der Waals surface area contributed by atoms with Crippen molar-refractivity contribution in [2.24, 2.45) is 34.5 Å². The third-order valence-corrected chi connectivity index (χ3v) is 9.65. The Labute approximate surface area is 169 Å². The van der Waals surface area contributed by atoms with Crippen LogP contribution in [0, 0.1) is 40.3 Å². The fourth-order valence-corrected chi connectivity index (χ4v) is 8.10. The molecule has 0 heterocycles. The van der Waals surface area contributed by atoms with Crippen LogP contribution in [0.3, 0.4) is 0 Å². The van der Waals surface area contributed by atoms with Crippen molar-refractivity contribution in [3.05, 3.63) is 41.2 Å². The monoisotopic (exact) mass is 382 g/mol. The van der Waals surface area contributed by atoms with Gasteiger partial charge < -0.3 is 5.11 Å². The first kappa shape index (κ1) is 18.9. The molecule has 0 radical (unpaired) electrons. The van der Waals surface area contributed by atoms with Gasteiger partial charge in [-0.2, -0.15) is 0 Å². The van der Waals surface area contributed by atoms with Crippen molar-refractivity contribution in [2.45, 2.75) is 77.7 Å². The lowest BCUT2D eigenvalue weighted by Gasteiger charge is -2.60. The minimum absolute atomic E-state index is 0.00180. The number of hydrogen-bond donors (Lipinski definition) is 1. The van der Waals surface area contributed by atoms with Crippen LogP contribution in [0.25, 0.3) is 6.08 Å². The molecule has 28 heavy (non-hydrogen) atoms. The van der Waals surface area contributed by atoms with Gasteiger partial charge in [0.1, 0.15) is 5.82 Å². The Hall–Kier alpha value is -1.15. The number of aliphatic hydroxyl groups is 1. The molecule has 5 unspecified atom stereocenters. The Kier molecular flexibility index (Phi) is 4.50. The first-order chi connectivity index (χ1) is 13.4.